The van der Waals surface area contributed by atoms with Gasteiger partial charge in [0.25, 0.3) is 0 Å². The molecule has 13 heteroatoms. The number of aliphatic hydroxyl groups is 8. The van der Waals surface area contributed by atoms with E-state index < -0.39 is 80.3 Å². The van der Waals surface area contributed by atoms with E-state index in [-0.39, 0.29) is 6.42 Å². The fourth-order valence-corrected chi connectivity index (χ4v) is 5.64. The molecule has 0 spiro atoms. The zero-order valence-corrected chi connectivity index (χ0v) is 25.6. The number of ether oxygens (including phenoxy) is 4. The molecule has 2 aliphatic heterocycles. The lowest BCUT2D eigenvalue weighted by atomic mass is 9.97. The van der Waals surface area contributed by atoms with Crippen LogP contribution in [-0.4, -0.2) is 121 Å². The number of hydrogen-bond acceptors (Lipinski definition) is 13. The standard InChI is InChI=1S/C30H56O13/c1-2-3-4-5-6-7-8-9-10-11-12-13-14-15-16-17-23(34)42-30(28(39)26(37)24(35)21(18-31)41-30)43-29(20-33)27(38)25(36)22(19-32)40-29/h21-22,24-28,31-33,35-39H,2-20H2,1H3. The van der Waals surface area contributed by atoms with Crippen LogP contribution in [0.4, 0.5) is 0 Å². The number of rotatable bonds is 22. The van der Waals surface area contributed by atoms with Crippen LogP contribution in [0.5, 0.6) is 0 Å². The Morgan fingerprint density at radius 2 is 1.09 bits per heavy atom. The molecule has 0 saturated carbocycles. The van der Waals surface area contributed by atoms with Gasteiger partial charge in [-0.2, -0.15) is 0 Å². The number of esters is 1. The van der Waals surface area contributed by atoms with Gasteiger partial charge in [-0.25, -0.2) is 0 Å². The van der Waals surface area contributed by atoms with Crippen molar-refractivity contribution in [2.75, 3.05) is 19.8 Å². The zero-order valence-electron chi connectivity index (χ0n) is 25.6. The van der Waals surface area contributed by atoms with Crippen LogP contribution in [0.1, 0.15) is 110 Å². The van der Waals surface area contributed by atoms with Crippen molar-refractivity contribution in [3.05, 3.63) is 0 Å². The summed E-state index contributed by atoms with van der Waals surface area (Å²) < 4.78 is 21.7. The highest BCUT2D eigenvalue weighted by Gasteiger charge is 2.65. The Hall–Kier alpha value is -0.970. The summed E-state index contributed by atoms with van der Waals surface area (Å²) in [6.07, 6.45) is 4.11. The van der Waals surface area contributed by atoms with Gasteiger partial charge >= 0.3 is 11.9 Å². The van der Waals surface area contributed by atoms with Gasteiger partial charge in [0.1, 0.15) is 43.2 Å². The molecule has 9 atom stereocenters. The van der Waals surface area contributed by atoms with Crippen molar-refractivity contribution in [1.29, 1.82) is 0 Å². The Kier molecular flexibility index (Phi) is 17.4. The monoisotopic (exact) mass is 624 g/mol. The molecule has 2 saturated heterocycles. The summed E-state index contributed by atoms with van der Waals surface area (Å²) in [5.74, 6) is -6.44. The third-order valence-corrected chi connectivity index (χ3v) is 8.37. The molecule has 8 N–H and O–H groups in total. The van der Waals surface area contributed by atoms with Crippen LogP contribution in [0.3, 0.4) is 0 Å². The maximum absolute atomic E-state index is 12.9. The maximum atomic E-state index is 12.9. The third-order valence-electron chi connectivity index (χ3n) is 8.37. The van der Waals surface area contributed by atoms with Gasteiger partial charge in [0.15, 0.2) is 6.10 Å². The first kappa shape index (κ1) is 38.2. The molecule has 9 unspecified atom stereocenters. The molecule has 2 fully saturated rings. The van der Waals surface area contributed by atoms with Gasteiger partial charge < -0.3 is 55.1 Å². The van der Waals surface area contributed by atoms with Gasteiger partial charge in [0.2, 0.25) is 5.79 Å². The highest BCUT2D eigenvalue weighted by molar-refractivity contribution is 5.69. The van der Waals surface area contributed by atoms with Gasteiger partial charge in [-0.15, -0.1) is 0 Å². The van der Waals surface area contributed by atoms with Crippen molar-refractivity contribution in [3.8, 4) is 0 Å². The first-order chi connectivity index (χ1) is 20.6. The van der Waals surface area contributed by atoms with E-state index in [0.29, 0.717) is 6.42 Å². The Morgan fingerprint density at radius 3 is 1.53 bits per heavy atom. The van der Waals surface area contributed by atoms with E-state index in [1.54, 1.807) is 0 Å². The molecular formula is C30H56O13. The first-order valence-electron chi connectivity index (χ1n) is 16.1. The maximum Gasteiger partial charge on any atom is 0.362 e. The minimum absolute atomic E-state index is 0.126. The molecule has 0 bridgehead atoms. The molecule has 0 radical (unpaired) electrons. The zero-order chi connectivity index (χ0) is 31.9. The fraction of sp³-hybridized carbons (Fsp3) is 0.967. The van der Waals surface area contributed by atoms with Crippen LogP contribution >= 0.6 is 0 Å². The minimum Gasteiger partial charge on any atom is -0.405 e. The molecule has 0 aliphatic carbocycles. The minimum atomic E-state index is -2.95. The second kappa shape index (κ2) is 19.5. The molecule has 0 aromatic rings. The van der Waals surface area contributed by atoms with E-state index in [9.17, 15) is 45.6 Å². The van der Waals surface area contributed by atoms with Crippen molar-refractivity contribution < 1.29 is 64.6 Å². The molecule has 254 valence electrons. The summed E-state index contributed by atoms with van der Waals surface area (Å²) in [7, 11) is 0. The summed E-state index contributed by atoms with van der Waals surface area (Å²) in [5.41, 5.74) is 0. The SMILES string of the molecule is CCCCCCCCCCCCCCCCCC(=O)OC1(OC2(CO)OC(CO)C(O)C2O)OC(CO)C(O)C(O)C1O. The highest BCUT2D eigenvalue weighted by Crippen LogP contribution is 2.41. The van der Waals surface area contributed by atoms with E-state index in [1.807, 2.05) is 0 Å². The van der Waals surface area contributed by atoms with Gasteiger partial charge in [0, 0.05) is 6.42 Å². The molecule has 0 aromatic carbocycles. The molecule has 0 amide bonds. The summed E-state index contributed by atoms with van der Waals surface area (Å²) in [5, 5.41) is 81.4. The summed E-state index contributed by atoms with van der Waals surface area (Å²) in [4.78, 5) is 12.9. The van der Waals surface area contributed by atoms with Crippen molar-refractivity contribution in [2.24, 2.45) is 0 Å². The largest absolute Gasteiger partial charge is 0.405 e. The molecule has 2 rings (SSSR count). The molecule has 2 aliphatic rings. The number of carbonyl (C=O) groups is 1. The van der Waals surface area contributed by atoms with Crippen LogP contribution in [0.25, 0.3) is 0 Å². The van der Waals surface area contributed by atoms with Crippen LogP contribution in [-0.2, 0) is 23.7 Å². The molecule has 43 heavy (non-hydrogen) atoms. The predicted molar refractivity (Wildman–Crippen MR) is 153 cm³/mol. The second-order valence-corrected chi connectivity index (χ2v) is 11.9. The van der Waals surface area contributed by atoms with E-state index in [2.05, 4.69) is 6.92 Å². The number of hydrogen-bond donors (Lipinski definition) is 8. The number of carbonyl (C=O) groups excluding carboxylic acids is 1. The highest BCUT2D eigenvalue weighted by atomic mass is 16.9. The third kappa shape index (κ3) is 10.8. The lowest BCUT2D eigenvalue weighted by molar-refractivity contribution is -0.498. The normalized spacial score (nSPS) is 34.5. The van der Waals surface area contributed by atoms with Gasteiger partial charge in [-0.3, -0.25) is 9.53 Å². The average Bonchev–Trinajstić information content (AvgIpc) is 3.24. The molecular weight excluding hydrogens is 568 g/mol. The quantitative estimate of drug-likeness (QED) is 0.0474. The van der Waals surface area contributed by atoms with Crippen molar-refractivity contribution in [3.63, 3.8) is 0 Å². The summed E-state index contributed by atoms with van der Waals surface area (Å²) in [6.45, 7) is -0.591. The molecule has 2 heterocycles. The van der Waals surface area contributed by atoms with E-state index in [1.165, 1.54) is 64.2 Å². The second-order valence-electron chi connectivity index (χ2n) is 11.9. The van der Waals surface area contributed by atoms with E-state index in [4.69, 9.17) is 18.9 Å². The number of unbranched alkanes of at least 4 members (excludes halogenated alkanes) is 14. The van der Waals surface area contributed by atoms with E-state index >= 15 is 0 Å². The van der Waals surface area contributed by atoms with Crippen molar-refractivity contribution in [1.82, 2.24) is 0 Å². The Morgan fingerprint density at radius 1 is 0.628 bits per heavy atom. The van der Waals surface area contributed by atoms with Crippen molar-refractivity contribution in [2.45, 2.75) is 164 Å². The lowest BCUT2D eigenvalue weighted by Gasteiger charge is -2.49. The summed E-state index contributed by atoms with van der Waals surface area (Å²) in [6, 6.07) is 0. The van der Waals surface area contributed by atoms with Crippen LogP contribution in [0, 0.1) is 0 Å². The molecule has 13 nitrogen and oxygen atoms in total. The Labute approximate surface area is 254 Å². The van der Waals surface area contributed by atoms with Crippen LogP contribution in [0.15, 0.2) is 0 Å². The first-order valence-corrected chi connectivity index (χ1v) is 16.1. The topological polar surface area (TPSA) is 216 Å². The van der Waals surface area contributed by atoms with E-state index in [0.717, 1.165) is 25.7 Å². The fourth-order valence-electron chi connectivity index (χ4n) is 5.64. The number of aliphatic hydroxyl groups excluding tert-OH is 8. The van der Waals surface area contributed by atoms with Crippen LogP contribution in [0.2, 0.25) is 0 Å². The van der Waals surface area contributed by atoms with Gasteiger partial charge in [0.05, 0.1) is 13.2 Å². The van der Waals surface area contributed by atoms with Gasteiger partial charge in [-0.1, -0.05) is 96.8 Å². The lowest BCUT2D eigenvalue weighted by Crippen LogP contribution is -2.70. The van der Waals surface area contributed by atoms with Gasteiger partial charge in [-0.05, 0) is 6.42 Å². The predicted octanol–water partition coefficient (Wildman–Crippen LogP) is 0.737. The Balaban J connectivity index is 1.85. The summed E-state index contributed by atoms with van der Waals surface area (Å²) >= 11 is 0. The average molecular weight is 625 g/mol. The Bertz CT molecular complexity index is 770. The van der Waals surface area contributed by atoms with Crippen molar-refractivity contribution >= 4 is 5.97 Å². The smallest absolute Gasteiger partial charge is 0.362 e. The molecule has 0 aromatic heterocycles. The van der Waals surface area contributed by atoms with Crippen LogP contribution < -0.4 is 0 Å².